The summed E-state index contributed by atoms with van der Waals surface area (Å²) in [5, 5.41) is 17.3. The van der Waals surface area contributed by atoms with Crippen LogP contribution >= 0.6 is 0 Å². The average Bonchev–Trinajstić information content (AvgIpc) is 2.67. The summed E-state index contributed by atoms with van der Waals surface area (Å²) in [5.41, 5.74) is 0.692. The van der Waals surface area contributed by atoms with Gasteiger partial charge in [0.1, 0.15) is 0 Å². The third-order valence-corrected chi connectivity index (χ3v) is 1.98. The van der Waals surface area contributed by atoms with Gasteiger partial charge in [-0.3, -0.25) is 9.89 Å². The number of hydrogen-bond donors (Lipinski definition) is 3. The number of carboxylic acids is 1. The Hall–Kier alpha value is -2.11. The molecule has 0 aromatic carbocycles. The highest BCUT2D eigenvalue weighted by Gasteiger charge is 2.12. The lowest BCUT2D eigenvalue weighted by Crippen LogP contribution is -2.15. The third kappa shape index (κ3) is 2.67. The molecule has 0 saturated heterocycles. The maximum absolute atomic E-state index is 11.5. The van der Waals surface area contributed by atoms with Crippen molar-refractivity contribution in [3.63, 3.8) is 0 Å². The van der Waals surface area contributed by atoms with Crippen LogP contribution < -0.4 is 5.32 Å². The van der Waals surface area contributed by atoms with Gasteiger partial charge in [-0.25, -0.2) is 4.79 Å². The Kier molecular flexibility index (Phi) is 3.22. The number of nitrogens with one attached hydrogen (secondary N) is 2. The maximum Gasteiger partial charge on any atom is 0.331 e. The average molecular weight is 209 g/mol. The van der Waals surface area contributed by atoms with E-state index in [4.69, 9.17) is 5.11 Å². The van der Waals surface area contributed by atoms with Gasteiger partial charge in [0.25, 0.3) is 5.91 Å². The first kappa shape index (κ1) is 11.0. The van der Waals surface area contributed by atoms with E-state index >= 15 is 0 Å². The van der Waals surface area contributed by atoms with Crippen LogP contribution in [0.5, 0.6) is 0 Å². The van der Waals surface area contributed by atoms with E-state index in [0.717, 1.165) is 0 Å². The quantitative estimate of drug-likeness (QED) is 0.640. The molecule has 1 aromatic rings. The predicted molar refractivity (Wildman–Crippen MR) is 53.2 cm³/mol. The molecule has 0 aliphatic heterocycles. The number of carbonyl (C=O) groups is 2. The molecule has 0 aliphatic carbocycles. The monoisotopic (exact) mass is 209 g/mol. The van der Waals surface area contributed by atoms with Crippen molar-refractivity contribution in [1.82, 2.24) is 10.2 Å². The van der Waals surface area contributed by atoms with E-state index in [1.54, 1.807) is 0 Å². The van der Waals surface area contributed by atoms with Crippen molar-refractivity contribution in [3.8, 4) is 0 Å². The largest absolute Gasteiger partial charge is 0.478 e. The van der Waals surface area contributed by atoms with Crippen LogP contribution in [0.3, 0.4) is 0 Å². The minimum absolute atomic E-state index is 0.0241. The zero-order valence-corrected chi connectivity index (χ0v) is 8.37. The van der Waals surface area contributed by atoms with Gasteiger partial charge in [-0.1, -0.05) is 0 Å². The van der Waals surface area contributed by atoms with Crippen molar-refractivity contribution in [1.29, 1.82) is 0 Å². The van der Waals surface area contributed by atoms with Crippen molar-refractivity contribution in [2.75, 3.05) is 5.32 Å². The highest BCUT2D eigenvalue weighted by atomic mass is 16.4. The van der Waals surface area contributed by atoms with E-state index < -0.39 is 11.9 Å². The minimum Gasteiger partial charge on any atom is -0.478 e. The molecule has 6 heteroatoms. The number of aliphatic carboxylic acids is 1. The van der Waals surface area contributed by atoms with Gasteiger partial charge in [-0.2, -0.15) is 5.10 Å². The minimum atomic E-state index is -1.10. The molecule has 0 saturated carbocycles. The standard InChI is InChI=1S/C9H11N3O3/c1-5(6(2)9(14)15)8(13)12-7-3-10-11-4-7/h3-4H,1-2H3,(H,10,11)(H,12,13)(H,14,15). The summed E-state index contributed by atoms with van der Waals surface area (Å²) in [7, 11) is 0. The number of hydrogen-bond acceptors (Lipinski definition) is 3. The van der Waals surface area contributed by atoms with Crippen molar-refractivity contribution in [3.05, 3.63) is 23.5 Å². The zero-order chi connectivity index (χ0) is 11.4. The van der Waals surface area contributed by atoms with Gasteiger partial charge < -0.3 is 10.4 Å². The molecule has 0 bridgehead atoms. The van der Waals surface area contributed by atoms with E-state index in [-0.39, 0.29) is 11.1 Å². The van der Waals surface area contributed by atoms with Gasteiger partial charge in [0.15, 0.2) is 0 Å². The number of anilines is 1. The number of H-pyrrole nitrogens is 1. The lowest BCUT2D eigenvalue weighted by Gasteiger charge is -2.03. The van der Waals surface area contributed by atoms with Crippen LogP contribution in [0, 0.1) is 0 Å². The Bertz CT molecular complexity index is 406. The van der Waals surface area contributed by atoms with Crippen molar-refractivity contribution in [2.24, 2.45) is 0 Å². The molecule has 15 heavy (non-hydrogen) atoms. The van der Waals surface area contributed by atoms with E-state index in [0.29, 0.717) is 5.69 Å². The second-order valence-corrected chi connectivity index (χ2v) is 3.00. The van der Waals surface area contributed by atoms with Crippen LogP contribution in [0.15, 0.2) is 23.5 Å². The molecule has 0 atom stereocenters. The highest BCUT2D eigenvalue weighted by Crippen LogP contribution is 2.08. The zero-order valence-electron chi connectivity index (χ0n) is 8.37. The van der Waals surface area contributed by atoms with E-state index in [1.807, 2.05) is 0 Å². The van der Waals surface area contributed by atoms with Gasteiger partial charge in [-0.05, 0) is 13.8 Å². The molecule has 0 spiro atoms. The molecule has 6 nitrogen and oxygen atoms in total. The molecule has 1 rings (SSSR count). The second-order valence-electron chi connectivity index (χ2n) is 3.00. The summed E-state index contributed by atoms with van der Waals surface area (Å²) in [5.74, 6) is -1.55. The van der Waals surface area contributed by atoms with Crippen LogP contribution in [-0.4, -0.2) is 27.2 Å². The summed E-state index contributed by atoms with van der Waals surface area (Å²) in [4.78, 5) is 22.1. The molecule has 1 heterocycles. The van der Waals surface area contributed by atoms with Crippen LogP contribution in [0.1, 0.15) is 13.8 Å². The molecular weight excluding hydrogens is 198 g/mol. The number of carboxylic acid groups (broad SMARTS) is 1. The van der Waals surface area contributed by atoms with Crippen molar-refractivity contribution >= 4 is 17.6 Å². The van der Waals surface area contributed by atoms with Crippen molar-refractivity contribution in [2.45, 2.75) is 13.8 Å². The number of nitrogens with zero attached hydrogens (tertiary/aromatic N) is 1. The maximum atomic E-state index is 11.5. The van der Waals surface area contributed by atoms with Crippen molar-refractivity contribution < 1.29 is 14.7 Å². The molecule has 0 fully saturated rings. The number of carbonyl (C=O) groups excluding carboxylic acids is 1. The highest BCUT2D eigenvalue weighted by molar-refractivity contribution is 6.07. The summed E-state index contributed by atoms with van der Waals surface area (Å²) < 4.78 is 0. The molecule has 0 unspecified atom stereocenters. The van der Waals surface area contributed by atoms with Gasteiger partial charge in [0.2, 0.25) is 0 Å². The van der Waals surface area contributed by atoms with Gasteiger partial charge in [0.05, 0.1) is 11.9 Å². The van der Waals surface area contributed by atoms with Crippen LogP contribution in [-0.2, 0) is 9.59 Å². The smallest absolute Gasteiger partial charge is 0.331 e. The Morgan fingerprint density at radius 1 is 1.40 bits per heavy atom. The Balaban J connectivity index is 2.78. The molecule has 1 amide bonds. The molecule has 1 aromatic heterocycles. The number of rotatable bonds is 3. The summed E-state index contributed by atoms with van der Waals surface area (Å²) in [6.45, 7) is 2.84. The fourth-order valence-electron chi connectivity index (χ4n) is 0.875. The molecule has 3 N–H and O–H groups in total. The Labute approximate surface area is 86.0 Å². The lowest BCUT2D eigenvalue weighted by atomic mass is 10.1. The second kappa shape index (κ2) is 4.41. The fraction of sp³-hybridized carbons (Fsp3) is 0.222. The van der Waals surface area contributed by atoms with Crippen LogP contribution in [0.25, 0.3) is 0 Å². The first-order valence-electron chi connectivity index (χ1n) is 4.23. The lowest BCUT2D eigenvalue weighted by molar-refractivity contribution is -0.133. The van der Waals surface area contributed by atoms with E-state index in [9.17, 15) is 9.59 Å². The SMILES string of the molecule is CC(C(=O)O)=C(C)C(=O)Nc1cn[nH]c1. The first-order chi connectivity index (χ1) is 7.02. The number of aromatic amines is 1. The molecule has 80 valence electrons. The molecular formula is C9H11N3O3. The van der Waals surface area contributed by atoms with Gasteiger partial charge in [0, 0.05) is 17.3 Å². The van der Waals surface area contributed by atoms with E-state index in [2.05, 4.69) is 15.5 Å². The topological polar surface area (TPSA) is 95.1 Å². The summed E-state index contributed by atoms with van der Waals surface area (Å²) in [6, 6.07) is 0. The first-order valence-corrected chi connectivity index (χ1v) is 4.23. The number of aromatic nitrogens is 2. The normalized spacial score (nSPS) is 11.9. The van der Waals surface area contributed by atoms with Crippen LogP contribution in [0.4, 0.5) is 5.69 Å². The van der Waals surface area contributed by atoms with Crippen LogP contribution in [0.2, 0.25) is 0 Å². The molecule has 0 radical (unpaired) electrons. The summed E-state index contributed by atoms with van der Waals surface area (Å²) >= 11 is 0. The third-order valence-electron chi connectivity index (χ3n) is 1.98. The predicted octanol–water partition coefficient (Wildman–Crippen LogP) is 0.769. The number of amides is 1. The Morgan fingerprint density at radius 3 is 2.53 bits per heavy atom. The van der Waals surface area contributed by atoms with Gasteiger partial charge >= 0.3 is 5.97 Å². The summed E-state index contributed by atoms with van der Waals surface area (Å²) in [6.07, 6.45) is 2.93. The Morgan fingerprint density at radius 2 is 2.07 bits per heavy atom. The van der Waals surface area contributed by atoms with E-state index in [1.165, 1.54) is 26.2 Å². The fourth-order valence-corrected chi connectivity index (χ4v) is 0.875. The van der Waals surface area contributed by atoms with Gasteiger partial charge in [-0.15, -0.1) is 0 Å². The molecule has 0 aliphatic rings.